The molecule has 0 spiro atoms. The molecule has 0 saturated carbocycles. The Morgan fingerprint density at radius 1 is 1.27 bits per heavy atom. The molecular weight excluding hydrogens is 138 g/mol. The molecule has 1 rings (SSSR count). The molecule has 1 fully saturated rings. The fraction of sp³-hybridized carbons (Fsp3) is 1.00. The van der Waals surface area contributed by atoms with Gasteiger partial charge in [0.15, 0.2) is 0 Å². The van der Waals surface area contributed by atoms with Crippen LogP contribution in [-0.2, 0) is 0 Å². The van der Waals surface area contributed by atoms with Crippen LogP contribution >= 0.6 is 0 Å². The number of rotatable bonds is 3. The van der Waals surface area contributed by atoms with Crippen LogP contribution in [0.3, 0.4) is 0 Å². The topological polar surface area (TPSA) is 23.5 Å². The molecule has 0 aromatic rings. The molecule has 0 aromatic heterocycles. The van der Waals surface area contributed by atoms with Crippen molar-refractivity contribution < 1.29 is 5.11 Å². The molecule has 1 saturated heterocycles. The highest BCUT2D eigenvalue weighted by atomic mass is 16.3. The summed E-state index contributed by atoms with van der Waals surface area (Å²) in [5.41, 5.74) is 0. The van der Waals surface area contributed by atoms with Crippen LogP contribution in [-0.4, -0.2) is 35.7 Å². The molecule has 1 aliphatic heterocycles. The van der Waals surface area contributed by atoms with Gasteiger partial charge in [-0.2, -0.15) is 0 Å². The van der Waals surface area contributed by atoms with Gasteiger partial charge in [-0.05, 0) is 31.8 Å². The van der Waals surface area contributed by atoms with E-state index < -0.39 is 0 Å². The monoisotopic (exact) mass is 157 g/mol. The maximum Gasteiger partial charge on any atom is 0.0589 e. The van der Waals surface area contributed by atoms with Gasteiger partial charge in [-0.15, -0.1) is 0 Å². The average molecular weight is 157 g/mol. The molecule has 11 heavy (non-hydrogen) atoms. The van der Waals surface area contributed by atoms with Crippen molar-refractivity contribution in [2.24, 2.45) is 5.92 Å². The molecule has 0 aromatic carbocycles. The lowest BCUT2D eigenvalue weighted by atomic mass is 10.0. The van der Waals surface area contributed by atoms with Crippen molar-refractivity contribution in [3.63, 3.8) is 0 Å². The van der Waals surface area contributed by atoms with Gasteiger partial charge >= 0.3 is 0 Å². The first-order valence-corrected chi connectivity index (χ1v) is 4.60. The Hall–Kier alpha value is -0.0800. The molecule has 1 aliphatic rings. The number of nitrogens with zero attached hydrogens (tertiary/aromatic N) is 1. The van der Waals surface area contributed by atoms with Gasteiger partial charge in [-0.25, -0.2) is 0 Å². The Labute approximate surface area is 69.2 Å². The largest absolute Gasteiger partial charge is 0.395 e. The Bertz CT molecular complexity index is 108. The smallest absolute Gasteiger partial charge is 0.0589 e. The van der Waals surface area contributed by atoms with Crippen LogP contribution < -0.4 is 0 Å². The molecule has 1 heterocycles. The Morgan fingerprint density at radius 2 is 1.82 bits per heavy atom. The number of aliphatic hydroxyl groups excluding tert-OH is 1. The van der Waals surface area contributed by atoms with Crippen molar-refractivity contribution in [2.45, 2.75) is 32.7 Å². The number of hydrogen-bond acceptors (Lipinski definition) is 2. The molecule has 0 radical (unpaired) electrons. The third-order valence-electron chi connectivity index (χ3n) is 2.57. The summed E-state index contributed by atoms with van der Waals surface area (Å²) in [6, 6.07) is 0.400. The minimum Gasteiger partial charge on any atom is -0.395 e. The van der Waals surface area contributed by atoms with Gasteiger partial charge in [0.25, 0.3) is 0 Å². The van der Waals surface area contributed by atoms with Crippen LogP contribution in [0.25, 0.3) is 0 Å². The highest BCUT2D eigenvalue weighted by molar-refractivity contribution is 4.77. The van der Waals surface area contributed by atoms with Crippen LogP contribution in [0.15, 0.2) is 0 Å². The predicted molar refractivity (Wildman–Crippen MR) is 46.5 cm³/mol. The van der Waals surface area contributed by atoms with E-state index in [2.05, 4.69) is 18.7 Å². The predicted octanol–water partition coefficient (Wildman–Crippen LogP) is 1.10. The zero-order chi connectivity index (χ0) is 8.27. The second-order valence-corrected chi connectivity index (χ2v) is 3.74. The highest BCUT2D eigenvalue weighted by Crippen LogP contribution is 2.16. The second kappa shape index (κ2) is 4.07. The summed E-state index contributed by atoms with van der Waals surface area (Å²) in [7, 11) is 0. The van der Waals surface area contributed by atoms with Gasteiger partial charge in [0, 0.05) is 6.04 Å². The summed E-state index contributed by atoms with van der Waals surface area (Å²) < 4.78 is 0. The lowest BCUT2D eigenvalue weighted by Gasteiger charge is -2.28. The van der Waals surface area contributed by atoms with E-state index in [0.29, 0.717) is 18.6 Å². The van der Waals surface area contributed by atoms with Gasteiger partial charge in [-0.3, -0.25) is 4.90 Å². The summed E-state index contributed by atoms with van der Waals surface area (Å²) in [4.78, 5) is 2.41. The Morgan fingerprint density at radius 3 is 2.18 bits per heavy atom. The maximum absolute atomic E-state index is 9.12. The van der Waals surface area contributed by atoms with Gasteiger partial charge < -0.3 is 5.11 Å². The lowest BCUT2D eigenvalue weighted by Crippen LogP contribution is -2.39. The van der Waals surface area contributed by atoms with Gasteiger partial charge in [0.05, 0.1) is 6.61 Å². The second-order valence-electron chi connectivity index (χ2n) is 3.74. The van der Waals surface area contributed by atoms with E-state index in [1.165, 1.54) is 25.9 Å². The van der Waals surface area contributed by atoms with Crippen molar-refractivity contribution >= 4 is 0 Å². The molecule has 66 valence electrons. The van der Waals surface area contributed by atoms with Crippen LogP contribution in [0.1, 0.15) is 26.7 Å². The molecule has 2 nitrogen and oxygen atoms in total. The molecule has 2 heteroatoms. The summed E-state index contributed by atoms with van der Waals surface area (Å²) in [6.07, 6.45) is 2.62. The van der Waals surface area contributed by atoms with Crippen molar-refractivity contribution in [1.82, 2.24) is 4.90 Å². The fourth-order valence-electron chi connectivity index (χ4n) is 1.82. The van der Waals surface area contributed by atoms with Crippen LogP contribution in [0.5, 0.6) is 0 Å². The van der Waals surface area contributed by atoms with Gasteiger partial charge in [0.2, 0.25) is 0 Å². The van der Waals surface area contributed by atoms with E-state index in [-0.39, 0.29) is 0 Å². The molecular formula is C9H19NO. The van der Waals surface area contributed by atoms with E-state index >= 15 is 0 Å². The normalized spacial score (nSPS) is 22.9. The summed E-state index contributed by atoms with van der Waals surface area (Å²) in [5.74, 6) is 0.582. The van der Waals surface area contributed by atoms with E-state index in [9.17, 15) is 0 Å². The third-order valence-corrected chi connectivity index (χ3v) is 2.57. The van der Waals surface area contributed by atoms with Gasteiger partial charge in [0.1, 0.15) is 0 Å². The van der Waals surface area contributed by atoms with E-state index in [0.717, 1.165) is 0 Å². The summed E-state index contributed by atoms with van der Waals surface area (Å²) in [6.45, 7) is 7.04. The van der Waals surface area contributed by atoms with E-state index in [1.54, 1.807) is 0 Å². The highest BCUT2D eigenvalue weighted by Gasteiger charge is 2.23. The maximum atomic E-state index is 9.12. The quantitative estimate of drug-likeness (QED) is 0.663. The SMILES string of the molecule is CC(C)C(CO)N1CCCC1. The first-order valence-electron chi connectivity index (χ1n) is 4.60. The van der Waals surface area contributed by atoms with Crippen molar-refractivity contribution in [3.8, 4) is 0 Å². The van der Waals surface area contributed by atoms with Gasteiger partial charge in [-0.1, -0.05) is 13.8 Å². The number of likely N-dealkylation sites (tertiary alicyclic amines) is 1. The zero-order valence-electron chi connectivity index (χ0n) is 7.58. The molecule has 0 aliphatic carbocycles. The Kier molecular flexibility index (Phi) is 3.34. The first kappa shape index (κ1) is 9.01. The fourth-order valence-corrected chi connectivity index (χ4v) is 1.82. The lowest BCUT2D eigenvalue weighted by molar-refractivity contribution is 0.112. The van der Waals surface area contributed by atoms with E-state index in [1.807, 2.05) is 0 Å². The van der Waals surface area contributed by atoms with Crippen molar-refractivity contribution in [3.05, 3.63) is 0 Å². The minimum absolute atomic E-state index is 0.317. The average Bonchev–Trinajstić information content (AvgIpc) is 2.40. The first-order chi connectivity index (χ1) is 5.25. The number of aliphatic hydroxyl groups is 1. The molecule has 1 N–H and O–H groups in total. The molecule has 0 amide bonds. The summed E-state index contributed by atoms with van der Waals surface area (Å²) in [5, 5.41) is 9.12. The summed E-state index contributed by atoms with van der Waals surface area (Å²) >= 11 is 0. The van der Waals surface area contributed by atoms with Crippen LogP contribution in [0.4, 0.5) is 0 Å². The molecule has 1 atom stereocenters. The zero-order valence-corrected chi connectivity index (χ0v) is 7.58. The van der Waals surface area contributed by atoms with Crippen LogP contribution in [0, 0.1) is 5.92 Å². The molecule has 0 bridgehead atoms. The van der Waals surface area contributed by atoms with Crippen molar-refractivity contribution in [1.29, 1.82) is 0 Å². The number of hydrogen-bond donors (Lipinski definition) is 1. The van der Waals surface area contributed by atoms with Crippen molar-refractivity contribution in [2.75, 3.05) is 19.7 Å². The standard InChI is InChI=1S/C9H19NO/c1-8(2)9(7-11)10-5-3-4-6-10/h8-9,11H,3-7H2,1-2H3. The van der Waals surface area contributed by atoms with Crippen LogP contribution in [0.2, 0.25) is 0 Å². The Balaban J connectivity index is 2.40. The van der Waals surface area contributed by atoms with E-state index in [4.69, 9.17) is 5.11 Å². The molecule has 1 unspecified atom stereocenters. The minimum atomic E-state index is 0.317. The third kappa shape index (κ3) is 2.17.